The van der Waals surface area contributed by atoms with E-state index < -0.39 is 0 Å². The molecule has 3 fully saturated rings. The molecule has 0 aromatic rings. The summed E-state index contributed by atoms with van der Waals surface area (Å²) in [6.07, 6.45) is 6.57. The fourth-order valence-electron chi connectivity index (χ4n) is 2.95. The molecule has 3 aliphatic rings. The van der Waals surface area contributed by atoms with Crippen molar-refractivity contribution in [1.82, 2.24) is 0 Å². The minimum absolute atomic E-state index is 0.705. The van der Waals surface area contributed by atoms with Crippen molar-refractivity contribution in [1.29, 1.82) is 0 Å². The first-order chi connectivity index (χ1) is 4.39. The molecule has 0 N–H and O–H groups in total. The molecule has 3 rings (SSSR count). The summed E-state index contributed by atoms with van der Waals surface area (Å²) < 4.78 is 5.48. The maximum absolute atomic E-state index is 5.48. The van der Waals surface area contributed by atoms with E-state index >= 15 is 0 Å². The number of hydrogen-bond acceptors (Lipinski definition) is 1. The summed E-state index contributed by atoms with van der Waals surface area (Å²) in [6, 6.07) is 0. The first-order valence-corrected chi connectivity index (χ1v) is 4.01. The van der Waals surface area contributed by atoms with Gasteiger partial charge in [-0.05, 0) is 31.6 Å². The van der Waals surface area contributed by atoms with Crippen LogP contribution in [-0.2, 0) is 4.74 Å². The summed E-state index contributed by atoms with van der Waals surface area (Å²) in [5.41, 5.74) is 0.727. The molecule has 9 heavy (non-hydrogen) atoms. The van der Waals surface area contributed by atoms with Crippen molar-refractivity contribution >= 4 is 0 Å². The molecule has 3 unspecified atom stereocenters. The smallest absolute Gasteiger partial charge is 0.0656 e. The molecule has 0 aromatic heterocycles. The molecule has 0 radical (unpaired) electrons. The Hall–Kier alpha value is -0.0400. The molecule has 2 aliphatic carbocycles. The summed E-state index contributed by atoms with van der Waals surface area (Å²) in [5, 5.41) is 0. The first-order valence-electron chi connectivity index (χ1n) is 4.01. The monoisotopic (exact) mass is 124 g/mol. The van der Waals surface area contributed by atoms with Gasteiger partial charge in [-0.25, -0.2) is 0 Å². The van der Waals surface area contributed by atoms with E-state index in [0.29, 0.717) is 6.10 Å². The van der Waals surface area contributed by atoms with Crippen LogP contribution in [0.15, 0.2) is 0 Å². The standard InChI is InChI=1S/C8H12O/c1-2-8-4-6(1)3-7(8)9-5-8/h6-7H,1-5H2. The zero-order valence-electron chi connectivity index (χ0n) is 5.60. The third kappa shape index (κ3) is 0.389. The van der Waals surface area contributed by atoms with Gasteiger partial charge in [0.05, 0.1) is 12.7 Å². The highest BCUT2D eigenvalue weighted by Gasteiger charge is 2.58. The van der Waals surface area contributed by atoms with Crippen molar-refractivity contribution in [2.45, 2.75) is 31.8 Å². The van der Waals surface area contributed by atoms with Crippen LogP contribution in [0, 0.1) is 11.3 Å². The van der Waals surface area contributed by atoms with Crippen LogP contribution in [0.5, 0.6) is 0 Å². The Kier molecular flexibility index (Phi) is 0.628. The topological polar surface area (TPSA) is 9.23 Å². The summed E-state index contributed by atoms with van der Waals surface area (Å²) in [5.74, 6) is 1.05. The fourth-order valence-corrected chi connectivity index (χ4v) is 2.95. The van der Waals surface area contributed by atoms with E-state index in [-0.39, 0.29) is 0 Å². The zero-order chi connectivity index (χ0) is 5.90. The lowest BCUT2D eigenvalue weighted by molar-refractivity contribution is -0.171. The summed E-state index contributed by atoms with van der Waals surface area (Å²) in [7, 11) is 0. The molecule has 0 amide bonds. The average Bonchev–Trinajstić information content (AvgIpc) is 2.32. The molecule has 2 saturated carbocycles. The number of hydrogen-bond donors (Lipinski definition) is 0. The summed E-state index contributed by atoms with van der Waals surface area (Å²) in [4.78, 5) is 0. The summed E-state index contributed by atoms with van der Waals surface area (Å²) >= 11 is 0. The molecule has 2 bridgehead atoms. The van der Waals surface area contributed by atoms with Gasteiger partial charge in [-0.3, -0.25) is 0 Å². The van der Waals surface area contributed by atoms with Gasteiger partial charge in [0.1, 0.15) is 0 Å². The molecule has 50 valence electrons. The average molecular weight is 124 g/mol. The molecular weight excluding hydrogens is 112 g/mol. The van der Waals surface area contributed by atoms with Gasteiger partial charge in [-0.15, -0.1) is 0 Å². The van der Waals surface area contributed by atoms with E-state index in [1.807, 2.05) is 0 Å². The number of rotatable bonds is 0. The molecule has 1 spiro atoms. The van der Waals surface area contributed by atoms with Crippen molar-refractivity contribution < 1.29 is 4.74 Å². The highest BCUT2D eigenvalue weighted by atomic mass is 16.5. The van der Waals surface area contributed by atoms with E-state index in [4.69, 9.17) is 4.74 Å². The van der Waals surface area contributed by atoms with E-state index in [9.17, 15) is 0 Å². The van der Waals surface area contributed by atoms with Crippen molar-refractivity contribution in [2.24, 2.45) is 11.3 Å². The maximum Gasteiger partial charge on any atom is 0.0656 e. The van der Waals surface area contributed by atoms with Crippen molar-refractivity contribution in [3.63, 3.8) is 0 Å². The summed E-state index contributed by atoms with van der Waals surface area (Å²) in [6.45, 7) is 1.09. The second kappa shape index (κ2) is 1.20. The van der Waals surface area contributed by atoms with Gasteiger partial charge in [0.2, 0.25) is 0 Å². The maximum atomic E-state index is 5.48. The quantitative estimate of drug-likeness (QED) is 0.476. The Morgan fingerprint density at radius 3 is 2.78 bits per heavy atom. The predicted octanol–water partition coefficient (Wildman–Crippen LogP) is 1.58. The van der Waals surface area contributed by atoms with Crippen LogP contribution >= 0.6 is 0 Å². The molecule has 1 heteroatoms. The third-order valence-corrected chi connectivity index (χ3v) is 3.55. The molecule has 0 aromatic carbocycles. The lowest BCUT2D eigenvalue weighted by Gasteiger charge is -2.44. The van der Waals surface area contributed by atoms with Crippen LogP contribution in [0.25, 0.3) is 0 Å². The highest BCUT2D eigenvalue weighted by molar-refractivity contribution is 5.07. The molecule has 1 heterocycles. The fraction of sp³-hybridized carbons (Fsp3) is 1.00. The van der Waals surface area contributed by atoms with Gasteiger partial charge in [0, 0.05) is 5.41 Å². The SMILES string of the molecule is C1CC23COC2CC1C3. The lowest BCUT2D eigenvalue weighted by atomic mass is 9.78. The largest absolute Gasteiger partial charge is 0.377 e. The number of fused-ring (bicyclic) bond motifs is 1. The molecule has 1 saturated heterocycles. The molecule has 1 nitrogen and oxygen atoms in total. The molecule has 1 aliphatic heterocycles. The van der Waals surface area contributed by atoms with E-state index in [1.165, 1.54) is 25.7 Å². The Morgan fingerprint density at radius 2 is 2.44 bits per heavy atom. The normalized spacial score (nSPS) is 61.3. The van der Waals surface area contributed by atoms with Crippen LogP contribution in [0.4, 0.5) is 0 Å². The Balaban J connectivity index is 2.00. The van der Waals surface area contributed by atoms with Gasteiger partial charge >= 0.3 is 0 Å². The van der Waals surface area contributed by atoms with Crippen LogP contribution in [0.3, 0.4) is 0 Å². The second-order valence-electron chi connectivity index (χ2n) is 4.01. The van der Waals surface area contributed by atoms with E-state index in [0.717, 1.165) is 17.9 Å². The first kappa shape index (κ1) is 4.73. The molecular formula is C8H12O. The predicted molar refractivity (Wildman–Crippen MR) is 34.1 cm³/mol. The zero-order valence-corrected chi connectivity index (χ0v) is 5.60. The minimum Gasteiger partial charge on any atom is -0.377 e. The van der Waals surface area contributed by atoms with Crippen LogP contribution in [0.1, 0.15) is 25.7 Å². The Morgan fingerprint density at radius 1 is 1.44 bits per heavy atom. The van der Waals surface area contributed by atoms with Gasteiger partial charge < -0.3 is 4.74 Å². The molecule has 3 atom stereocenters. The third-order valence-electron chi connectivity index (χ3n) is 3.55. The lowest BCUT2D eigenvalue weighted by Crippen LogP contribution is -2.47. The van der Waals surface area contributed by atoms with Crippen molar-refractivity contribution in [3.05, 3.63) is 0 Å². The van der Waals surface area contributed by atoms with Crippen LogP contribution in [-0.4, -0.2) is 12.7 Å². The van der Waals surface area contributed by atoms with Gasteiger partial charge in [0.15, 0.2) is 0 Å². The van der Waals surface area contributed by atoms with Crippen LogP contribution < -0.4 is 0 Å². The number of ether oxygens (including phenoxy) is 1. The Labute approximate surface area is 55.4 Å². The van der Waals surface area contributed by atoms with Gasteiger partial charge in [-0.1, -0.05) is 0 Å². The van der Waals surface area contributed by atoms with E-state index in [2.05, 4.69) is 0 Å². The Bertz CT molecular complexity index is 155. The highest BCUT2D eigenvalue weighted by Crippen LogP contribution is 2.60. The van der Waals surface area contributed by atoms with Gasteiger partial charge in [0.25, 0.3) is 0 Å². The second-order valence-corrected chi connectivity index (χ2v) is 4.01. The van der Waals surface area contributed by atoms with Gasteiger partial charge in [-0.2, -0.15) is 0 Å². The minimum atomic E-state index is 0.705. The van der Waals surface area contributed by atoms with E-state index in [1.54, 1.807) is 0 Å². The van der Waals surface area contributed by atoms with Crippen LogP contribution in [0.2, 0.25) is 0 Å². The van der Waals surface area contributed by atoms with Crippen molar-refractivity contribution in [3.8, 4) is 0 Å². The van der Waals surface area contributed by atoms with Crippen molar-refractivity contribution in [2.75, 3.05) is 6.61 Å².